The second-order valence-corrected chi connectivity index (χ2v) is 9.98. The number of nitrogens with zero attached hydrogens (tertiary/aromatic N) is 1. The summed E-state index contributed by atoms with van der Waals surface area (Å²) in [5, 5.41) is 2.68. The van der Waals surface area contributed by atoms with E-state index in [2.05, 4.69) is 60.7 Å². The lowest BCUT2D eigenvalue weighted by molar-refractivity contribution is 0.104. The van der Waals surface area contributed by atoms with Gasteiger partial charge in [0.1, 0.15) is 0 Å². The molecule has 36 heavy (non-hydrogen) atoms. The van der Waals surface area contributed by atoms with Crippen molar-refractivity contribution in [3.63, 3.8) is 0 Å². The van der Waals surface area contributed by atoms with Gasteiger partial charge in [0, 0.05) is 32.5 Å². The molecule has 0 saturated heterocycles. The van der Waals surface area contributed by atoms with Gasteiger partial charge in [-0.05, 0) is 40.0 Å². The van der Waals surface area contributed by atoms with Crippen molar-refractivity contribution in [1.82, 2.24) is 0 Å². The van der Waals surface area contributed by atoms with Crippen LogP contribution in [0.3, 0.4) is 0 Å². The van der Waals surface area contributed by atoms with Crippen LogP contribution in [0.15, 0.2) is 120 Å². The maximum atomic E-state index is 13.5. The number of aliphatic imine (C=N–C) groups is 1. The molecule has 0 unspecified atom stereocenters. The fourth-order valence-corrected chi connectivity index (χ4v) is 6.80. The predicted molar refractivity (Wildman–Crippen MR) is 146 cm³/mol. The summed E-state index contributed by atoms with van der Waals surface area (Å²) < 4.78 is 0. The van der Waals surface area contributed by atoms with Gasteiger partial charge in [-0.15, -0.1) is 0 Å². The number of hydrogen-bond donors (Lipinski definition) is 0. The molecule has 168 valence electrons. The van der Waals surface area contributed by atoms with Crippen molar-refractivity contribution in [1.29, 1.82) is 0 Å². The molecular formula is C33H18ClNO. The molecule has 0 amide bonds. The van der Waals surface area contributed by atoms with Crippen LogP contribution >= 0.6 is 11.6 Å². The first-order valence-electron chi connectivity index (χ1n) is 12.1. The Balaban J connectivity index is 1.64. The van der Waals surface area contributed by atoms with Crippen LogP contribution in [0.5, 0.6) is 0 Å². The molecule has 0 saturated carbocycles. The number of carbonyl (C=O) groups excluding carboxylic acids is 1. The largest absolute Gasteiger partial charge is 0.289 e. The highest BCUT2D eigenvalue weighted by Crippen LogP contribution is 2.62. The van der Waals surface area contributed by atoms with Gasteiger partial charge in [-0.2, -0.15) is 0 Å². The zero-order chi connectivity index (χ0) is 24.0. The third-order valence-electron chi connectivity index (χ3n) is 7.93. The van der Waals surface area contributed by atoms with Gasteiger partial charge in [0.15, 0.2) is 5.78 Å². The minimum Gasteiger partial charge on any atom is -0.289 e. The normalized spacial score (nSPS) is 16.0. The summed E-state index contributed by atoms with van der Waals surface area (Å²) in [7, 11) is 0. The SMILES string of the molecule is O=C1C=C2C(=Nc3c(cc(Cl)c4ccccc34)C23c2ccccc2-c2ccccc23)c2ccccc21. The quantitative estimate of drug-likeness (QED) is 0.221. The Morgan fingerprint density at radius 3 is 1.86 bits per heavy atom. The topological polar surface area (TPSA) is 29.4 Å². The third kappa shape index (κ3) is 2.28. The second kappa shape index (κ2) is 6.90. The Bertz CT molecular complexity index is 1830. The fraction of sp³-hybridized carbons (Fsp3) is 0.0303. The summed E-state index contributed by atoms with van der Waals surface area (Å²) in [5.74, 6) is 0.0103. The molecule has 3 aliphatic rings. The van der Waals surface area contributed by atoms with E-state index in [1.807, 2.05) is 48.5 Å². The average Bonchev–Trinajstić information content (AvgIpc) is 3.22. The fourth-order valence-electron chi connectivity index (χ4n) is 6.53. The molecular weight excluding hydrogens is 462 g/mol. The molecule has 1 spiro atoms. The summed E-state index contributed by atoms with van der Waals surface area (Å²) in [6.07, 6.45) is 1.81. The summed E-state index contributed by atoms with van der Waals surface area (Å²) >= 11 is 6.96. The van der Waals surface area contributed by atoms with Crippen LogP contribution in [0.25, 0.3) is 21.9 Å². The molecule has 5 aromatic carbocycles. The van der Waals surface area contributed by atoms with E-state index in [9.17, 15) is 4.79 Å². The molecule has 8 rings (SSSR count). The summed E-state index contributed by atoms with van der Waals surface area (Å²) in [4.78, 5) is 18.9. The molecule has 0 fully saturated rings. The van der Waals surface area contributed by atoms with Gasteiger partial charge in [0.2, 0.25) is 0 Å². The van der Waals surface area contributed by atoms with Crippen LogP contribution in [0.4, 0.5) is 5.69 Å². The molecule has 1 aliphatic heterocycles. The molecule has 3 heteroatoms. The Labute approximate surface area is 213 Å². The molecule has 0 aromatic heterocycles. The maximum absolute atomic E-state index is 13.5. The summed E-state index contributed by atoms with van der Waals surface area (Å²) in [6.45, 7) is 0. The van der Waals surface area contributed by atoms with Crippen LogP contribution in [0.1, 0.15) is 32.6 Å². The van der Waals surface area contributed by atoms with Gasteiger partial charge < -0.3 is 0 Å². The van der Waals surface area contributed by atoms with E-state index in [1.165, 1.54) is 11.1 Å². The first kappa shape index (κ1) is 20.0. The second-order valence-electron chi connectivity index (χ2n) is 9.57. The summed E-state index contributed by atoms with van der Waals surface area (Å²) in [5.41, 5.74) is 9.25. The van der Waals surface area contributed by atoms with E-state index in [0.29, 0.717) is 10.6 Å². The van der Waals surface area contributed by atoms with Crippen LogP contribution < -0.4 is 0 Å². The van der Waals surface area contributed by atoms with Crippen molar-refractivity contribution >= 4 is 39.6 Å². The summed E-state index contributed by atoms with van der Waals surface area (Å²) in [6, 6.07) is 35.1. The van der Waals surface area contributed by atoms with Gasteiger partial charge in [0.05, 0.1) is 16.8 Å². The zero-order valence-electron chi connectivity index (χ0n) is 19.1. The van der Waals surface area contributed by atoms with Gasteiger partial charge in [-0.3, -0.25) is 4.79 Å². The van der Waals surface area contributed by atoms with E-state index in [0.717, 1.165) is 50.0 Å². The lowest BCUT2D eigenvalue weighted by atomic mass is 9.61. The maximum Gasteiger partial charge on any atom is 0.186 e. The highest BCUT2D eigenvalue weighted by atomic mass is 35.5. The minimum absolute atomic E-state index is 0.0103. The highest BCUT2D eigenvalue weighted by Gasteiger charge is 2.53. The number of halogens is 1. The van der Waals surface area contributed by atoms with Crippen LogP contribution in [0, 0.1) is 0 Å². The van der Waals surface area contributed by atoms with Gasteiger partial charge in [0.25, 0.3) is 0 Å². The Kier molecular flexibility index (Phi) is 3.83. The van der Waals surface area contributed by atoms with Crippen molar-refractivity contribution in [2.45, 2.75) is 5.41 Å². The lowest BCUT2D eigenvalue weighted by Crippen LogP contribution is -2.38. The molecule has 2 nitrogen and oxygen atoms in total. The molecule has 0 atom stereocenters. The molecule has 5 aromatic rings. The van der Waals surface area contributed by atoms with Crippen molar-refractivity contribution in [3.05, 3.63) is 148 Å². The van der Waals surface area contributed by atoms with E-state index in [1.54, 1.807) is 0 Å². The van der Waals surface area contributed by atoms with E-state index < -0.39 is 5.41 Å². The number of rotatable bonds is 0. The van der Waals surface area contributed by atoms with Crippen LogP contribution in [0.2, 0.25) is 5.02 Å². The van der Waals surface area contributed by atoms with Gasteiger partial charge in [-0.1, -0.05) is 109 Å². The number of hydrogen-bond acceptors (Lipinski definition) is 2. The van der Waals surface area contributed by atoms with Gasteiger partial charge >= 0.3 is 0 Å². The minimum atomic E-state index is -0.698. The smallest absolute Gasteiger partial charge is 0.186 e. The van der Waals surface area contributed by atoms with E-state index >= 15 is 0 Å². The highest BCUT2D eigenvalue weighted by molar-refractivity contribution is 6.37. The molecule has 1 heterocycles. The zero-order valence-corrected chi connectivity index (χ0v) is 19.9. The van der Waals surface area contributed by atoms with Crippen LogP contribution in [-0.2, 0) is 5.41 Å². The van der Waals surface area contributed by atoms with Crippen molar-refractivity contribution in [2.75, 3.05) is 0 Å². The third-order valence-corrected chi connectivity index (χ3v) is 8.24. The van der Waals surface area contributed by atoms with E-state index in [-0.39, 0.29) is 5.78 Å². The monoisotopic (exact) mass is 479 g/mol. The number of ketones is 1. The molecule has 2 aliphatic carbocycles. The Morgan fingerprint density at radius 2 is 1.17 bits per heavy atom. The number of allylic oxidation sites excluding steroid dienone is 2. The predicted octanol–water partition coefficient (Wildman–Crippen LogP) is 8.07. The molecule has 0 radical (unpaired) electrons. The van der Waals surface area contributed by atoms with Crippen molar-refractivity contribution < 1.29 is 4.79 Å². The molecule has 0 N–H and O–H groups in total. The van der Waals surface area contributed by atoms with Crippen molar-refractivity contribution in [3.8, 4) is 11.1 Å². The number of benzene rings is 5. The van der Waals surface area contributed by atoms with Crippen LogP contribution in [-0.4, -0.2) is 11.5 Å². The number of carbonyl (C=O) groups is 1. The lowest BCUT2D eigenvalue weighted by Gasteiger charge is -2.41. The van der Waals surface area contributed by atoms with Gasteiger partial charge in [-0.25, -0.2) is 4.99 Å². The standard InChI is InChI=1S/C33H18ClNO/c34-29-17-27-31(23-13-3-1-11-21(23)29)35-32-24-14-4-2-12-22(24)30(36)18-28(32)33(27)25-15-7-5-9-19(25)20-10-6-8-16-26(20)33/h1-18H. The Morgan fingerprint density at radius 1 is 0.611 bits per heavy atom. The average molecular weight is 480 g/mol. The van der Waals surface area contributed by atoms with Crippen molar-refractivity contribution in [2.24, 2.45) is 4.99 Å². The van der Waals surface area contributed by atoms with E-state index in [4.69, 9.17) is 16.6 Å². The first-order chi connectivity index (χ1) is 17.7. The number of fused-ring (bicyclic) bond motifs is 13. The first-order valence-corrected chi connectivity index (χ1v) is 12.4. The molecule has 0 bridgehead atoms. The Hall–Kier alpha value is -4.27.